The van der Waals surface area contributed by atoms with Crippen molar-refractivity contribution < 1.29 is 19.0 Å². The van der Waals surface area contributed by atoms with Crippen LogP contribution in [0, 0.1) is 0 Å². The minimum Gasteiger partial charge on any atom is -0.486 e. The number of primary amides is 1. The fourth-order valence-electron chi connectivity index (χ4n) is 2.04. The monoisotopic (exact) mass is 333 g/mol. The van der Waals surface area contributed by atoms with Gasteiger partial charge in [-0.1, -0.05) is 0 Å². The fraction of sp³-hybridized carbons (Fsp3) is 0.267. The van der Waals surface area contributed by atoms with Crippen molar-refractivity contribution in [2.45, 2.75) is 5.03 Å². The highest BCUT2D eigenvalue weighted by Gasteiger charge is 2.13. The van der Waals surface area contributed by atoms with Gasteiger partial charge in [-0.15, -0.1) is 22.0 Å². The lowest BCUT2D eigenvalue weighted by Gasteiger charge is -2.18. The van der Waals surface area contributed by atoms with Gasteiger partial charge in [-0.3, -0.25) is 0 Å². The molecule has 3 rings (SSSR count). The predicted molar refractivity (Wildman–Crippen MR) is 84.7 cm³/mol. The van der Waals surface area contributed by atoms with Gasteiger partial charge in [0.15, 0.2) is 11.5 Å². The number of ether oxygens (including phenoxy) is 3. The summed E-state index contributed by atoms with van der Waals surface area (Å²) in [6.45, 7) is 1.36. The van der Waals surface area contributed by atoms with Gasteiger partial charge in [0.05, 0.1) is 5.69 Å². The largest absolute Gasteiger partial charge is 0.486 e. The summed E-state index contributed by atoms with van der Waals surface area (Å²) in [7, 11) is 0. The first-order chi connectivity index (χ1) is 11.2. The van der Waals surface area contributed by atoms with Crippen LogP contribution in [0.2, 0.25) is 0 Å². The van der Waals surface area contributed by atoms with E-state index in [9.17, 15) is 4.79 Å². The van der Waals surface area contributed by atoms with Gasteiger partial charge >= 0.3 is 6.09 Å². The molecule has 1 amide bonds. The molecule has 2 heterocycles. The van der Waals surface area contributed by atoms with Crippen molar-refractivity contribution in [1.29, 1.82) is 0 Å². The Morgan fingerprint density at radius 3 is 2.74 bits per heavy atom. The number of carbonyl (C=O) groups is 1. The Bertz CT molecular complexity index is 694. The van der Waals surface area contributed by atoms with Crippen molar-refractivity contribution in [3.8, 4) is 22.8 Å². The third kappa shape index (κ3) is 4.04. The molecule has 1 aliphatic rings. The summed E-state index contributed by atoms with van der Waals surface area (Å²) >= 11 is 1.44. The lowest BCUT2D eigenvalue weighted by Crippen LogP contribution is -2.15. The molecule has 0 radical (unpaired) electrons. The Hall–Kier alpha value is -2.48. The number of aromatic nitrogens is 2. The highest BCUT2D eigenvalue weighted by molar-refractivity contribution is 7.99. The molecule has 8 heteroatoms. The second-order valence-electron chi connectivity index (χ2n) is 4.63. The van der Waals surface area contributed by atoms with Crippen LogP contribution in [-0.2, 0) is 4.74 Å². The predicted octanol–water partition coefficient (Wildman–Crippen LogP) is 2.10. The number of thioether (sulfide) groups is 1. The summed E-state index contributed by atoms with van der Waals surface area (Å²) in [5.41, 5.74) is 6.55. The number of benzene rings is 1. The van der Waals surface area contributed by atoms with Gasteiger partial charge in [0.25, 0.3) is 0 Å². The molecule has 120 valence electrons. The van der Waals surface area contributed by atoms with Crippen molar-refractivity contribution in [2.75, 3.05) is 25.6 Å². The lowest BCUT2D eigenvalue weighted by atomic mass is 10.1. The van der Waals surface area contributed by atoms with Gasteiger partial charge in [-0.25, -0.2) is 4.79 Å². The highest BCUT2D eigenvalue weighted by atomic mass is 32.2. The van der Waals surface area contributed by atoms with E-state index < -0.39 is 6.09 Å². The van der Waals surface area contributed by atoms with Gasteiger partial charge in [-0.05, 0) is 30.3 Å². The van der Waals surface area contributed by atoms with Crippen LogP contribution in [0.15, 0.2) is 35.4 Å². The third-order valence-electron chi connectivity index (χ3n) is 3.06. The van der Waals surface area contributed by atoms with Crippen molar-refractivity contribution in [2.24, 2.45) is 5.73 Å². The molecular formula is C15H15N3O4S. The second kappa shape index (κ2) is 7.19. The summed E-state index contributed by atoms with van der Waals surface area (Å²) in [5, 5.41) is 9.11. The van der Waals surface area contributed by atoms with Crippen LogP contribution in [0.5, 0.6) is 11.5 Å². The maximum atomic E-state index is 10.5. The molecular weight excluding hydrogens is 318 g/mol. The molecule has 0 saturated heterocycles. The molecule has 0 aliphatic carbocycles. The minimum absolute atomic E-state index is 0.242. The summed E-state index contributed by atoms with van der Waals surface area (Å²) in [4.78, 5) is 10.5. The lowest BCUT2D eigenvalue weighted by molar-refractivity contribution is 0.164. The molecule has 1 aliphatic heterocycles. The van der Waals surface area contributed by atoms with Crippen molar-refractivity contribution in [1.82, 2.24) is 10.2 Å². The summed E-state index contributed by atoms with van der Waals surface area (Å²) in [6, 6.07) is 9.44. The number of nitrogens with zero attached hydrogens (tertiary/aromatic N) is 2. The van der Waals surface area contributed by atoms with E-state index in [1.165, 1.54) is 11.8 Å². The van der Waals surface area contributed by atoms with E-state index in [-0.39, 0.29) is 6.61 Å². The van der Waals surface area contributed by atoms with Gasteiger partial charge < -0.3 is 19.9 Å². The van der Waals surface area contributed by atoms with Crippen molar-refractivity contribution in [3.63, 3.8) is 0 Å². The fourth-order valence-corrected chi connectivity index (χ4v) is 2.68. The summed E-state index contributed by atoms with van der Waals surface area (Å²) in [5.74, 6) is 2.04. The molecule has 0 fully saturated rings. The smallest absolute Gasteiger partial charge is 0.404 e. The number of nitrogens with two attached hydrogens (primary N) is 1. The summed E-state index contributed by atoms with van der Waals surface area (Å²) in [6.07, 6.45) is -0.773. The zero-order chi connectivity index (χ0) is 16.1. The van der Waals surface area contributed by atoms with Gasteiger partial charge in [-0.2, -0.15) is 0 Å². The van der Waals surface area contributed by atoms with Crippen molar-refractivity contribution >= 4 is 17.9 Å². The molecule has 2 aromatic rings. The molecule has 0 spiro atoms. The van der Waals surface area contributed by atoms with Crippen molar-refractivity contribution in [3.05, 3.63) is 30.3 Å². The van der Waals surface area contributed by atoms with Crippen LogP contribution in [0.4, 0.5) is 4.79 Å². The van der Waals surface area contributed by atoms with E-state index in [1.54, 1.807) is 0 Å². The van der Waals surface area contributed by atoms with Crippen LogP contribution in [0.1, 0.15) is 0 Å². The molecule has 0 unspecified atom stereocenters. The highest BCUT2D eigenvalue weighted by Crippen LogP contribution is 2.33. The van der Waals surface area contributed by atoms with Crippen LogP contribution >= 0.6 is 11.8 Å². The van der Waals surface area contributed by atoms with E-state index in [0.717, 1.165) is 27.8 Å². The average molecular weight is 333 g/mol. The SMILES string of the molecule is NC(=O)OCCSc1ccc(-c2ccc3c(c2)OCCO3)nn1. The van der Waals surface area contributed by atoms with Crippen LogP contribution in [-0.4, -0.2) is 41.9 Å². The number of amides is 1. The minimum atomic E-state index is -0.773. The number of hydrogen-bond donors (Lipinski definition) is 1. The zero-order valence-electron chi connectivity index (χ0n) is 12.2. The van der Waals surface area contributed by atoms with Crippen LogP contribution in [0.3, 0.4) is 0 Å². The molecule has 1 aromatic heterocycles. The standard InChI is InChI=1S/C15H15N3O4S/c16-15(19)22-7-8-23-14-4-2-11(17-18-14)10-1-3-12-13(9-10)21-6-5-20-12/h1-4,9H,5-8H2,(H2,16,19). The molecule has 0 atom stereocenters. The molecule has 7 nitrogen and oxygen atoms in total. The first kappa shape index (κ1) is 15.4. The molecule has 0 bridgehead atoms. The number of carbonyl (C=O) groups excluding carboxylic acids is 1. The average Bonchev–Trinajstić information content (AvgIpc) is 2.59. The summed E-state index contributed by atoms with van der Waals surface area (Å²) < 4.78 is 15.7. The molecule has 2 N–H and O–H groups in total. The van der Waals surface area contributed by atoms with E-state index >= 15 is 0 Å². The van der Waals surface area contributed by atoms with E-state index in [1.807, 2.05) is 30.3 Å². The van der Waals surface area contributed by atoms with Gasteiger partial charge in [0, 0.05) is 11.3 Å². The molecule has 1 aromatic carbocycles. The topological polar surface area (TPSA) is 96.6 Å². The quantitative estimate of drug-likeness (QED) is 0.661. The normalized spacial score (nSPS) is 12.7. The maximum Gasteiger partial charge on any atom is 0.404 e. The Morgan fingerprint density at radius 1 is 1.17 bits per heavy atom. The third-order valence-corrected chi connectivity index (χ3v) is 3.94. The van der Waals surface area contributed by atoms with E-state index in [4.69, 9.17) is 15.2 Å². The number of hydrogen-bond acceptors (Lipinski definition) is 7. The Kier molecular flexibility index (Phi) is 4.82. The Balaban J connectivity index is 1.64. The maximum absolute atomic E-state index is 10.5. The Labute approximate surface area is 137 Å². The molecule has 0 saturated carbocycles. The first-order valence-corrected chi connectivity index (χ1v) is 8.00. The number of fused-ring (bicyclic) bond motifs is 1. The molecule has 23 heavy (non-hydrogen) atoms. The van der Waals surface area contributed by atoms with Gasteiger partial charge in [0.1, 0.15) is 24.8 Å². The Morgan fingerprint density at radius 2 is 2.00 bits per heavy atom. The van der Waals surface area contributed by atoms with E-state index in [2.05, 4.69) is 14.9 Å². The van der Waals surface area contributed by atoms with Crippen LogP contribution in [0.25, 0.3) is 11.3 Å². The van der Waals surface area contributed by atoms with E-state index in [0.29, 0.717) is 19.0 Å². The van der Waals surface area contributed by atoms with Crippen LogP contribution < -0.4 is 15.2 Å². The first-order valence-electron chi connectivity index (χ1n) is 7.01. The zero-order valence-corrected chi connectivity index (χ0v) is 13.0. The number of rotatable bonds is 5. The van der Waals surface area contributed by atoms with Gasteiger partial charge in [0.2, 0.25) is 0 Å². The second-order valence-corrected chi connectivity index (χ2v) is 5.75.